The fraction of sp³-hybridized carbons (Fsp3) is 0.357. The van der Waals surface area contributed by atoms with Crippen LogP contribution in [0.15, 0.2) is 30.7 Å². The lowest BCUT2D eigenvalue weighted by Crippen LogP contribution is -2.21. The SMILES string of the molecule is CC(C)(C)c1ncc(C(=O)NCc2cccnc2)s1. The zero-order valence-electron chi connectivity index (χ0n) is 11.3. The molecular formula is C14H17N3OS. The predicted octanol–water partition coefficient (Wildman–Crippen LogP) is 2.77. The van der Waals surface area contributed by atoms with Gasteiger partial charge < -0.3 is 5.32 Å². The Hall–Kier alpha value is -1.75. The van der Waals surface area contributed by atoms with Crippen LogP contribution in [0.25, 0.3) is 0 Å². The molecule has 0 aliphatic rings. The van der Waals surface area contributed by atoms with E-state index in [9.17, 15) is 4.79 Å². The molecule has 0 atom stereocenters. The Bertz CT molecular complexity index is 558. The van der Waals surface area contributed by atoms with Crippen molar-refractivity contribution in [1.82, 2.24) is 15.3 Å². The van der Waals surface area contributed by atoms with Crippen molar-refractivity contribution < 1.29 is 4.79 Å². The van der Waals surface area contributed by atoms with Crippen LogP contribution < -0.4 is 5.32 Å². The minimum atomic E-state index is -0.0862. The number of rotatable bonds is 3. The van der Waals surface area contributed by atoms with Crippen LogP contribution in [-0.4, -0.2) is 15.9 Å². The molecule has 0 aromatic carbocycles. The largest absolute Gasteiger partial charge is 0.347 e. The normalized spacial score (nSPS) is 11.3. The lowest BCUT2D eigenvalue weighted by atomic mass is 9.98. The molecule has 19 heavy (non-hydrogen) atoms. The minimum Gasteiger partial charge on any atom is -0.347 e. The maximum Gasteiger partial charge on any atom is 0.263 e. The van der Waals surface area contributed by atoms with Gasteiger partial charge in [-0.15, -0.1) is 11.3 Å². The first-order valence-electron chi connectivity index (χ1n) is 6.10. The number of nitrogens with one attached hydrogen (secondary N) is 1. The van der Waals surface area contributed by atoms with Gasteiger partial charge in [0.25, 0.3) is 5.91 Å². The predicted molar refractivity (Wildman–Crippen MR) is 76.2 cm³/mol. The second kappa shape index (κ2) is 5.48. The highest BCUT2D eigenvalue weighted by molar-refractivity contribution is 7.13. The van der Waals surface area contributed by atoms with Gasteiger partial charge in [0.1, 0.15) is 4.88 Å². The Morgan fingerprint density at radius 3 is 2.74 bits per heavy atom. The first-order chi connectivity index (χ1) is 8.97. The van der Waals surface area contributed by atoms with Crippen LogP contribution in [0.4, 0.5) is 0 Å². The molecule has 0 radical (unpaired) electrons. The van der Waals surface area contributed by atoms with E-state index in [1.165, 1.54) is 11.3 Å². The minimum absolute atomic E-state index is 0.0213. The van der Waals surface area contributed by atoms with Gasteiger partial charge in [0, 0.05) is 24.4 Å². The van der Waals surface area contributed by atoms with E-state index in [1.807, 2.05) is 12.1 Å². The van der Waals surface area contributed by atoms with E-state index < -0.39 is 0 Å². The van der Waals surface area contributed by atoms with Gasteiger partial charge in [-0.1, -0.05) is 26.8 Å². The topological polar surface area (TPSA) is 54.9 Å². The van der Waals surface area contributed by atoms with Crippen LogP contribution in [-0.2, 0) is 12.0 Å². The summed E-state index contributed by atoms with van der Waals surface area (Å²) in [4.78, 5) is 21.0. The van der Waals surface area contributed by atoms with Crippen LogP contribution >= 0.6 is 11.3 Å². The van der Waals surface area contributed by atoms with E-state index in [2.05, 4.69) is 36.1 Å². The number of thiazole rings is 1. The molecule has 100 valence electrons. The Morgan fingerprint density at radius 2 is 2.16 bits per heavy atom. The monoisotopic (exact) mass is 275 g/mol. The Morgan fingerprint density at radius 1 is 1.37 bits per heavy atom. The molecule has 1 N–H and O–H groups in total. The number of hydrogen-bond acceptors (Lipinski definition) is 4. The van der Waals surface area contributed by atoms with Gasteiger partial charge in [-0.2, -0.15) is 0 Å². The van der Waals surface area contributed by atoms with Crippen LogP contribution in [0.2, 0.25) is 0 Å². The molecule has 0 spiro atoms. The first kappa shape index (κ1) is 13.7. The maximum absolute atomic E-state index is 12.0. The van der Waals surface area contributed by atoms with Crippen LogP contribution in [0, 0.1) is 0 Å². The number of carbonyl (C=O) groups is 1. The summed E-state index contributed by atoms with van der Waals surface area (Å²) < 4.78 is 0. The van der Waals surface area contributed by atoms with Crippen LogP contribution in [0.5, 0.6) is 0 Å². The van der Waals surface area contributed by atoms with Gasteiger partial charge in [-0.3, -0.25) is 9.78 Å². The highest BCUT2D eigenvalue weighted by atomic mass is 32.1. The number of nitrogens with zero attached hydrogens (tertiary/aromatic N) is 2. The van der Waals surface area contributed by atoms with Crippen molar-refractivity contribution in [1.29, 1.82) is 0 Å². The van der Waals surface area contributed by atoms with E-state index in [1.54, 1.807) is 18.6 Å². The summed E-state index contributed by atoms with van der Waals surface area (Å²) in [7, 11) is 0. The Kier molecular flexibility index (Phi) is 3.95. The number of hydrogen-bond donors (Lipinski definition) is 1. The number of carbonyl (C=O) groups excluding carboxylic acids is 1. The van der Waals surface area contributed by atoms with Crippen molar-refractivity contribution in [3.8, 4) is 0 Å². The zero-order valence-corrected chi connectivity index (χ0v) is 12.1. The smallest absolute Gasteiger partial charge is 0.263 e. The zero-order chi connectivity index (χ0) is 13.9. The van der Waals surface area contributed by atoms with Gasteiger partial charge >= 0.3 is 0 Å². The van der Waals surface area contributed by atoms with Crippen LogP contribution in [0.3, 0.4) is 0 Å². The molecule has 0 aliphatic carbocycles. The molecule has 0 fully saturated rings. The standard InChI is InChI=1S/C14H17N3OS/c1-14(2,3)13-17-9-11(19-13)12(18)16-8-10-5-4-6-15-7-10/h4-7,9H,8H2,1-3H3,(H,16,18). The molecule has 0 saturated heterocycles. The quantitative estimate of drug-likeness (QED) is 0.937. The molecule has 4 nitrogen and oxygen atoms in total. The van der Waals surface area contributed by atoms with Gasteiger partial charge in [0.05, 0.1) is 11.2 Å². The molecular weight excluding hydrogens is 258 g/mol. The third-order valence-corrected chi connectivity index (χ3v) is 3.97. The summed E-state index contributed by atoms with van der Waals surface area (Å²) in [5.41, 5.74) is 0.962. The second-order valence-corrected chi connectivity index (χ2v) is 6.35. The van der Waals surface area contributed by atoms with Crippen molar-refractivity contribution in [2.45, 2.75) is 32.7 Å². The lowest BCUT2D eigenvalue weighted by Gasteiger charge is -2.13. The van der Waals surface area contributed by atoms with Crippen molar-refractivity contribution in [2.24, 2.45) is 0 Å². The van der Waals surface area contributed by atoms with E-state index in [0.29, 0.717) is 11.4 Å². The molecule has 2 heterocycles. The molecule has 2 aromatic rings. The maximum atomic E-state index is 12.0. The van der Waals surface area contributed by atoms with Crippen molar-refractivity contribution in [3.63, 3.8) is 0 Å². The Labute approximate surface area is 116 Å². The summed E-state index contributed by atoms with van der Waals surface area (Å²) in [6.45, 7) is 6.74. The molecule has 0 aliphatic heterocycles. The lowest BCUT2D eigenvalue weighted by molar-refractivity contribution is 0.0954. The fourth-order valence-corrected chi connectivity index (χ4v) is 2.39. The highest BCUT2D eigenvalue weighted by Crippen LogP contribution is 2.26. The molecule has 1 amide bonds. The van der Waals surface area contributed by atoms with Crippen molar-refractivity contribution in [2.75, 3.05) is 0 Å². The van der Waals surface area contributed by atoms with E-state index in [4.69, 9.17) is 0 Å². The molecule has 5 heteroatoms. The van der Waals surface area contributed by atoms with E-state index in [0.717, 1.165) is 10.6 Å². The molecule has 2 rings (SSSR count). The van der Waals surface area contributed by atoms with Gasteiger partial charge in [0.2, 0.25) is 0 Å². The van der Waals surface area contributed by atoms with Gasteiger partial charge in [-0.05, 0) is 11.6 Å². The average Bonchev–Trinajstić information content (AvgIpc) is 2.87. The number of amides is 1. The molecule has 0 saturated carbocycles. The summed E-state index contributed by atoms with van der Waals surface area (Å²) in [5, 5.41) is 3.84. The third kappa shape index (κ3) is 3.61. The summed E-state index contributed by atoms with van der Waals surface area (Å²) in [6, 6.07) is 3.78. The molecule has 0 unspecified atom stereocenters. The summed E-state index contributed by atoms with van der Waals surface area (Å²) >= 11 is 1.44. The van der Waals surface area contributed by atoms with Gasteiger partial charge in [-0.25, -0.2) is 4.98 Å². The van der Waals surface area contributed by atoms with Crippen molar-refractivity contribution >= 4 is 17.2 Å². The molecule has 0 bridgehead atoms. The first-order valence-corrected chi connectivity index (χ1v) is 6.92. The van der Waals surface area contributed by atoms with Crippen molar-refractivity contribution in [3.05, 3.63) is 46.2 Å². The van der Waals surface area contributed by atoms with E-state index >= 15 is 0 Å². The number of aromatic nitrogens is 2. The third-order valence-electron chi connectivity index (χ3n) is 2.55. The summed E-state index contributed by atoms with van der Waals surface area (Å²) in [5.74, 6) is -0.0862. The van der Waals surface area contributed by atoms with Crippen LogP contribution in [0.1, 0.15) is 41.0 Å². The number of pyridine rings is 1. The van der Waals surface area contributed by atoms with Gasteiger partial charge in [0.15, 0.2) is 0 Å². The second-order valence-electron chi connectivity index (χ2n) is 5.32. The van der Waals surface area contributed by atoms with E-state index in [-0.39, 0.29) is 11.3 Å². The Balaban J connectivity index is 1.99. The highest BCUT2D eigenvalue weighted by Gasteiger charge is 2.20. The summed E-state index contributed by atoms with van der Waals surface area (Å²) in [6.07, 6.45) is 5.10. The fourth-order valence-electron chi connectivity index (χ4n) is 1.50. The molecule has 2 aromatic heterocycles. The average molecular weight is 275 g/mol.